The number of pyridine rings is 1. The van der Waals surface area contributed by atoms with Gasteiger partial charge in [0.1, 0.15) is 11.3 Å². The standard InChI is InChI=1S/C15H21N5O2/c1-20-12(19-11-3-2-7-17-14(11)20)4-5-13(21)18-10-15(22)6-8-16-9-15/h2-3,7,16,22H,4-6,8-10H2,1H3,(H,18,21)/t15-/m1/s1. The number of aliphatic hydroxyl groups is 1. The van der Waals surface area contributed by atoms with Crippen LogP contribution in [0.15, 0.2) is 18.3 Å². The summed E-state index contributed by atoms with van der Waals surface area (Å²) in [5, 5.41) is 16.1. The molecule has 1 atom stereocenters. The summed E-state index contributed by atoms with van der Waals surface area (Å²) in [5.41, 5.74) is 0.855. The number of β-amino-alcohol motifs (C(OH)–C–C–N with tert-alkyl or cyclic N) is 1. The van der Waals surface area contributed by atoms with Gasteiger partial charge in [0.2, 0.25) is 5.91 Å². The molecule has 0 aliphatic carbocycles. The highest BCUT2D eigenvalue weighted by atomic mass is 16.3. The maximum Gasteiger partial charge on any atom is 0.220 e. The first kappa shape index (κ1) is 14.9. The molecule has 0 unspecified atom stereocenters. The van der Waals surface area contributed by atoms with E-state index >= 15 is 0 Å². The van der Waals surface area contributed by atoms with Gasteiger partial charge in [0.15, 0.2) is 5.65 Å². The molecule has 2 aromatic rings. The second kappa shape index (κ2) is 6.02. The van der Waals surface area contributed by atoms with Crippen LogP contribution < -0.4 is 10.6 Å². The molecule has 1 amide bonds. The fraction of sp³-hybridized carbons (Fsp3) is 0.533. The van der Waals surface area contributed by atoms with Gasteiger partial charge in [0.25, 0.3) is 0 Å². The molecule has 0 saturated carbocycles. The lowest BCUT2D eigenvalue weighted by molar-refractivity contribution is -0.122. The monoisotopic (exact) mass is 303 g/mol. The number of carbonyl (C=O) groups is 1. The van der Waals surface area contributed by atoms with Gasteiger partial charge < -0.3 is 20.3 Å². The smallest absolute Gasteiger partial charge is 0.220 e. The lowest BCUT2D eigenvalue weighted by Crippen LogP contribution is -2.44. The van der Waals surface area contributed by atoms with E-state index in [4.69, 9.17) is 0 Å². The van der Waals surface area contributed by atoms with Gasteiger partial charge in [-0.05, 0) is 25.1 Å². The van der Waals surface area contributed by atoms with Crippen LogP contribution in [0, 0.1) is 0 Å². The van der Waals surface area contributed by atoms with Crippen LogP contribution in [0.5, 0.6) is 0 Å². The normalized spacial score (nSPS) is 21.4. The van der Waals surface area contributed by atoms with Gasteiger partial charge in [-0.1, -0.05) is 0 Å². The molecule has 22 heavy (non-hydrogen) atoms. The summed E-state index contributed by atoms with van der Waals surface area (Å²) >= 11 is 0. The summed E-state index contributed by atoms with van der Waals surface area (Å²) in [6.45, 7) is 1.62. The predicted octanol–water partition coefficient (Wildman–Crippen LogP) is -0.258. The Morgan fingerprint density at radius 2 is 2.45 bits per heavy atom. The Morgan fingerprint density at radius 1 is 1.59 bits per heavy atom. The van der Waals surface area contributed by atoms with Crippen LogP contribution >= 0.6 is 0 Å². The van der Waals surface area contributed by atoms with Crippen LogP contribution in [0.2, 0.25) is 0 Å². The van der Waals surface area contributed by atoms with E-state index in [-0.39, 0.29) is 5.91 Å². The van der Waals surface area contributed by atoms with Crippen molar-refractivity contribution in [3.05, 3.63) is 24.2 Å². The number of aryl methyl sites for hydroxylation is 2. The molecule has 3 rings (SSSR count). The van der Waals surface area contributed by atoms with E-state index in [1.807, 2.05) is 23.7 Å². The zero-order chi connectivity index (χ0) is 15.6. The van der Waals surface area contributed by atoms with Crippen molar-refractivity contribution in [2.45, 2.75) is 24.9 Å². The van der Waals surface area contributed by atoms with Crippen LogP contribution in [0.3, 0.4) is 0 Å². The molecule has 0 spiro atoms. The average molecular weight is 303 g/mol. The van der Waals surface area contributed by atoms with Gasteiger partial charge in [0.05, 0.1) is 5.60 Å². The molecule has 118 valence electrons. The fourth-order valence-electron chi connectivity index (χ4n) is 2.75. The molecule has 1 fully saturated rings. The van der Waals surface area contributed by atoms with E-state index < -0.39 is 5.60 Å². The summed E-state index contributed by atoms with van der Waals surface area (Å²) in [6, 6.07) is 3.76. The zero-order valence-corrected chi connectivity index (χ0v) is 12.7. The number of aromatic nitrogens is 3. The molecule has 7 nitrogen and oxygen atoms in total. The Labute approximate surface area is 128 Å². The average Bonchev–Trinajstić information content (AvgIpc) is 3.09. The second-order valence-electron chi connectivity index (χ2n) is 5.86. The summed E-state index contributed by atoms with van der Waals surface area (Å²) in [5.74, 6) is 0.769. The van der Waals surface area contributed by atoms with E-state index in [1.165, 1.54) is 0 Å². The van der Waals surface area contributed by atoms with Crippen LogP contribution in [0.1, 0.15) is 18.7 Å². The lowest BCUT2D eigenvalue weighted by atomic mass is 10.0. The first-order valence-electron chi connectivity index (χ1n) is 7.53. The van der Waals surface area contributed by atoms with E-state index in [0.29, 0.717) is 32.4 Å². The van der Waals surface area contributed by atoms with Crippen molar-refractivity contribution in [2.75, 3.05) is 19.6 Å². The quantitative estimate of drug-likeness (QED) is 0.708. The van der Waals surface area contributed by atoms with Gasteiger partial charge in [0, 0.05) is 39.2 Å². The number of rotatable bonds is 5. The Balaban J connectivity index is 1.55. The van der Waals surface area contributed by atoms with Gasteiger partial charge in [-0.25, -0.2) is 9.97 Å². The molecule has 7 heteroatoms. The summed E-state index contributed by atoms with van der Waals surface area (Å²) in [4.78, 5) is 20.7. The van der Waals surface area contributed by atoms with Crippen LogP contribution in [-0.2, 0) is 18.3 Å². The predicted molar refractivity (Wildman–Crippen MR) is 82.3 cm³/mol. The number of carbonyl (C=O) groups excluding carboxylic acids is 1. The van der Waals surface area contributed by atoms with E-state index in [2.05, 4.69) is 20.6 Å². The number of nitrogens with one attached hydrogen (secondary N) is 2. The van der Waals surface area contributed by atoms with Gasteiger partial charge >= 0.3 is 0 Å². The van der Waals surface area contributed by atoms with Crippen LogP contribution in [-0.4, -0.2) is 50.8 Å². The molecular formula is C15H21N5O2. The molecule has 2 aromatic heterocycles. The van der Waals surface area contributed by atoms with Crippen LogP contribution in [0.4, 0.5) is 0 Å². The third-order valence-electron chi connectivity index (χ3n) is 4.13. The number of hydrogen-bond donors (Lipinski definition) is 3. The summed E-state index contributed by atoms with van der Waals surface area (Å²) < 4.78 is 1.91. The van der Waals surface area contributed by atoms with Crippen molar-refractivity contribution in [1.82, 2.24) is 25.2 Å². The minimum Gasteiger partial charge on any atom is -0.387 e. The molecule has 3 N–H and O–H groups in total. The van der Waals surface area contributed by atoms with E-state index in [1.54, 1.807) is 6.20 Å². The molecule has 1 saturated heterocycles. The minimum absolute atomic E-state index is 0.0691. The lowest BCUT2D eigenvalue weighted by Gasteiger charge is -2.21. The van der Waals surface area contributed by atoms with Crippen molar-refractivity contribution in [2.24, 2.45) is 7.05 Å². The highest BCUT2D eigenvalue weighted by Gasteiger charge is 2.31. The van der Waals surface area contributed by atoms with Crippen molar-refractivity contribution in [3.8, 4) is 0 Å². The number of nitrogens with zero attached hydrogens (tertiary/aromatic N) is 3. The first-order valence-corrected chi connectivity index (χ1v) is 7.53. The van der Waals surface area contributed by atoms with Crippen LogP contribution in [0.25, 0.3) is 11.2 Å². The molecule has 0 aromatic carbocycles. The molecule has 3 heterocycles. The SMILES string of the molecule is Cn1c(CCC(=O)NC[C@@]2(O)CCNC2)nc2cccnc21. The summed E-state index contributed by atoms with van der Waals surface area (Å²) in [7, 11) is 1.91. The molecule has 1 aliphatic heterocycles. The number of fused-ring (bicyclic) bond motifs is 1. The number of hydrogen-bond acceptors (Lipinski definition) is 5. The Bertz CT molecular complexity index is 676. The topological polar surface area (TPSA) is 92.1 Å². The highest BCUT2D eigenvalue weighted by Crippen LogP contribution is 2.14. The minimum atomic E-state index is -0.808. The fourth-order valence-corrected chi connectivity index (χ4v) is 2.75. The van der Waals surface area contributed by atoms with Crippen molar-refractivity contribution < 1.29 is 9.90 Å². The maximum absolute atomic E-state index is 11.9. The Morgan fingerprint density at radius 3 is 3.18 bits per heavy atom. The second-order valence-corrected chi connectivity index (χ2v) is 5.86. The Hall–Kier alpha value is -1.99. The van der Waals surface area contributed by atoms with Crippen molar-refractivity contribution in [3.63, 3.8) is 0 Å². The third kappa shape index (κ3) is 3.10. The Kier molecular flexibility index (Phi) is 4.08. The molecule has 0 radical (unpaired) electrons. The van der Waals surface area contributed by atoms with Gasteiger partial charge in [-0.2, -0.15) is 0 Å². The maximum atomic E-state index is 11.9. The molecule has 1 aliphatic rings. The van der Waals surface area contributed by atoms with Crippen molar-refractivity contribution >= 4 is 17.1 Å². The zero-order valence-electron chi connectivity index (χ0n) is 12.7. The third-order valence-corrected chi connectivity index (χ3v) is 4.13. The van der Waals surface area contributed by atoms with E-state index in [9.17, 15) is 9.90 Å². The van der Waals surface area contributed by atoms with Crippen molar-refractivity contribution in [1.29, 1.82) is 0 Å². The van der Waals surface area contributed by atoms with E-state index in [0.717, 1.165) is 23.5 Å². The first-order chi connectivity index (χ1) is 10.6. The van der Waals surface area contributed by atoms with Gasteiger partial charge in [-0.15, -0.1) is 0 Å². The summed E-state index contributed by atoms with van der Waals surface area (Å²) in [6.07, 6.45) is 3.30. The number of amides is 1. The molecule has 0 bridgehead atoms. The largest absolute Gasteiger partial charge is 0.387 e. The highest BCUT2D eigenvalue weighted by molar-refractivity contribution is 5.76. The molecular weight excluding hydrogens is 282 g/mol. The van der Waals surface area contributed by atoms with Gasteiger partial charge in [-0.3, -0.25) is 4.79 Å². The number of imidazole rings is 1.